The van der Waals surface area contributed by atoms with Crippen LogP contribution >= 0.6 is 23.4 Å². The summed E-state index contributed by atoms with van der Waals surface area (Å²) in [4.78, 5) is 12.0. The van der Waals surface area contributed by atoms with Crippen molar-refractivity contribution in [2.75, 3.05) is 11.6 Å². The lowest BCUT2D eigenvalue weighted by Gasteiger charge is -2.06. The number of hydrogen-bond donors (Lipinski definition) is 2. The van der Waals surface area contributed by atoms with Gasteiger partial charge in [-0.15, -0.1) is 10.2 Å². The van der Waals surface area contributed by atoms with Gasteiger partial charge in [0.25, 0.3) is 0 Å². The second-order valence-corrected chi connectivity index (χ2v) is 6.16. The Morgan fingerprint density at radius 3 is 2.88 bits per heavy atom. The van der Waals surface area contributed by atoms with Crippen LogP contribution in [-0.2, 0) is 11.3 Å². The monoisotopic (exact) mass is 363 g/mol. The number of carbonyl (C=O) groups is 1. The van der Waals surface area contributed by atoms with Crippen LogP contribution in [0.15, 0.2) is 52.2 Å². The molecule has 0 bridgehead atoms. The highest BCUT2D eigenvalue weighted by atomic mass is 35.5. The summed E-state index contributed by atoms with van der Waals surface area (Å²) in [7, 11) is 0. The molecule has 2 heterocycles. The minimum atomic E-state index is -0.150. The van der Waals surface area contributed by atoms with Crippen molar-refractivity contribution < 1.29 is 9.21 Å². The van der Waals surface area contributed by atoms with Gasteiger partial charge in [0.15, 0.2) is 5.76 Å². The molecule has 0 fully saturated rings. The van der Waals surface area contributed by atoms with Gasteiger partial charge < -0.3 is 15.6 Å². The molecule has 3 rings (SSSR count). The van der Waals surface area contributed by atoms with Crippen molar-refractivity contribution in [1.82, 2.24) is 20.2 Å². The first-order valence-electron chi connectivity index (χ1n) is 7.02. The lowest BCUT2D eigenvalue weighted by atomic mass is 10.2. The van der Waals surface area contributed by atoms with Crippen molar-refractivity contribution >= 4 is 29.3 Å². The maximum atomic E-state index is 12.0. The average molecular weight is 364 g/mol. The van der Waals surface area contributed by atoms with Crippen molar-refractivity contribution in [2.24, 2.45) is 0 Å². The lowest BCUT2D eigenvalue weighted by molar-refractivity contribution is -0.118. The van der Waals surface area contributed by atoms with Crippen molar-refractivity contribution in [3.05, 3.63) is 53.2 Å². The highest BCUT2D eigenvalue weighted by molar-refractivity contribution is 7.99. The number of nitrogens with one attached hydrogen (secondary N) is 1. The molecule has 0 atom stereocenters. The van der Waals surface area contributed by atoms with E-state index in [2.05, 4.69) is 15.5 Å². The first-order valence-corrected chi connectivity index (χ1v) is 8.39. The molecular weight excluding hydrogens is 350 g/mol. The summed E-state index contributed by atoms with van der Waals surface area (Å²) in [5.41, 5.74) is 0.861. The standard InChI is InChI=1S/C15H14ClN5O2S/c16-11-5-2-1-4-10(11)8-18-13(22)9-24-15-20-19-14(21(15)17)12-6-3-7-23-12/h1-7H,8-9,17H2,(H,18,22). The number of nitrogens with zero attached hydrogens (tertiary/aromatic N) is 3. The molecule has 1 aromatic carbocycles. The Bertz CT molecular complexity index is 834. The zero-order valence-electron chi connectivity index (χ0n) is 12.5. The van der Waals surface area contributed by atoms with Gasteiger partial charge in [0.1, 0.15) is 0 Å². The fraction of sp³-hybridized carbons (Fsp3) is 0.133. The SMILES string of the molecule is Nn1c(SCC(=O)NCc2ccccc2Cl)nnc1-c1ccco1. The second-order valence-electron chi connectivity index (χ2n) is 4.81. The third-order valence-corrected chi connectivity index (χ3v) is 4.48. The van der Waals surface area contributed by atoms with Gasteiger partial charge in [-0.3, -0.25) is 4.79 Å². The fourth-order valence-electron chi connectivity index (χ4n) is 1.97. The molecule has 0 aliphatic rings. The number of aromatic nitrogens is 3. The van der Waals surface area contributed by atoms with Gasteiger partial charge in [-0.25, -0.2) is 4.68 Å². The minimum Gasteiger partial charge on any atom is -0.461 e. The first kappa shape index (κ1) is 16.4. The van der Waals surface area contributed by atoms with Gasteiger partial charge in [-0.2, -0.15) is 0 Å². The summed E-state index contributed by atoms with van der Waals surface area (Å²) in [6.45, 7) is 0.367. The van der Waals surface area contributed by atoms with E-state index in [1.54, 1.807) is 18.2 Å². The Kier molecular flexibility index (Phi) is 5.07. The van der Waals surface area contributed by atoms with Crippen LogP contribution in [-0.4, -0.2) is 26.5 Å². The summed E-state index contributed by atoms with van der Waals surface area (Å²) in [6, 6.07) is 10.8. The number of carbonyl (C=O) groups excluding carboxylic acids is 1. The molecule has 0 spiro atoms. The molecule has 0 radical (unpaired) electrons. The third kappa shape index (κ3) is 3.72. The largest absolute Gasteiger partial charge is 0.461 e. The Morgan fingerprint density at radius 2 is 2.12 bits per heavy atom. The van der Waals surface area contributed by atoms with E-state index in [0.29, 0.717) is 28.3 Å². The smallest absolute Gasteiger partial charge is 0.230 e. The maximum absolute atomic E-state index is 12.0. The number of furan rings is 1. The predicted octanol–water partition coefficient (Wildman–Crippen LogP) is 2.31. The van der Waals surface area contributed by atoms with Gasteiger partial charge in [0, 0.05) is 11.6 Å². The van der Waals surface area contributed by atoms with E-state index >= 15 is 0 Å². The predicted molar refractivity (Wildman–Crippen MR) is 91.9 cm³/mol. The van der Waals surface area contributed by atoms with E-state index in [1.807, 2.05) is 18.2 Å². The van der Waals surface area contributed by atoms with E-state index in [-0.39, 0.29) is 11.7 Å². The number of hydrogen-bond acceptors (Lipinski definition) is 6. The van der Waals surface area contributed by atoms with Crippen LogP contribution in [0.4, 0.5) is 0 Å². The topological polar surface area (TPSA) is 99.0 Å². The minimum absolute atomic E-state index is 0.150. The van der Waals surface area contributed by atoms with E-state index in [4.69, 9.17) is 21.9 Å². The third-order valence-electron chi connectivity index (χ3n) is 3.17. The summed E-state index contributed by atoms with van der Waals surface area (Å²) in [5.74, 6) is 6.86. The Balaban J connectivity index is 1.54. The Hall–Kier alpha value is -2.45. The molecule has 2 aromatic heterocycles. The highest BCUT2D eigenvalue weighted by Gasteiger charge is 2.15. The van der Waals surface area contributed by atoms with Crippen LogP contribution in [0.5, 0.6) is 0 Å². The zero-order valence-corrected chi connectivity index (χ0v) is 14.0. The van der Waals surface area contributed by atoms with Gasteiger partial charge >= 0.3 is 0 Å². The van der Waals surface area contributed by atoms with Crippen LogP contribution in [0.2, 0.25) is 5.02 Å². The fourth-order valence-corrected chi connectivity index (χ4v) is 2.85. The van der Waals surface area contributed by atoms with E-state index in [1.165, 1.54) is 22.7 Å². The molecule has 9 heteroatoms. The number of rotatable bonds is 6. The molecule has 124 valence electrons. The molecule has 24 heavy (non-hydrogen) atoms. The van der Waals surface area contributed by atoms with Crippen molar-refractivity contribution in [3.63, 3.8) is 0 Å². The van der Waals surface area contributed by atoms with Crippen LogP contribution in [0.1, 0.15) is 5.56 Å². The van der Waals surface area contributed by atoms with Crippen molar-refractivity contribution in [1.29, 1.82) is 0 Å². The lowest BCUT2D eigenvalue weighted by Crippen LogP contribution is -2.25. The maximum Gasteiger partial charge on any atom is 0.230 e. The Labute approximate surface area is 147 Å². The van der Waals surface area contributed by atoms with Crippen LogP contribution in [0, 0.1) is 0 Å². The second kappa shape index (κ2) is 7.41. The number of nitrogen functional groups attached to an aromatic ring is 1. The highest BCUT2D eigenvalue weighted by Crippen LogP contribution is 2.21. The Morgan fingerprint density at radius 1 is 1.29 bits per heavy atom. The van der Waals surface area contributed by atoms with Gasteiger partial charge in [-0.1, -0.05) is 41.6 Å². The van der Waals surface area contributed by atoms with Crippen LogP contribution in [0.3, 0.4) is 0 Å². The van der Waals surface area contributed by atoms with E-state index < -0.39 is 0 Å². The molecule has 0 saturated heterocycles. The molecule has 3 N–H and O–H groups in total. The summed E-state index contributed by atoms with van der Waals surface area (Å²) >= 11 is 7.24. The number of halogens is 1. The molecule has 0 aliphatic carbocycles. The number of nitrogens with two attached hydrogens (primary N) is 1. The number of amides is 1. The van der Waals surface area contributed by atoms with Gasteiger partial charge in [-0.05, 0) is 23.8 Å². The van der Waals surface area contributed by atoms with E-state index in [0.717, 1.165) is 5.56 Å². The molecular formula is C15H14ClN5O2S. The summed E-state index contributed by atoms with van der Waals surface area (Å²) in [5, 5.41) is 11.8. The number of thioether (sulfide) groups is 1. The molecule has 7 nitrogen and oxygen atoms in total. The molecule has 0 unspecified atom stereocenters. The van der Waals surface area contributed by atoms with Crippen molar-refractivity contribution in [2.45, 2.75) is 11.7 Å². The molecule has 1 amide bonds. The zero-order chi connectivity index (χ0) is 16.9. The van der Waals surface area contributed by atoms with Crippen molar-refractivity contribution in [3.8, 4) is 11.6 Å². The molecule has 3 aromatic rings. The average Bonchev–Trinajstić information content (AvgIpc) is 3.22. The van der Waals surface area contributed by atoms with Gasteiger partial charge in [0.2, 0.25) is 16.9 Å². The molecule has 0 aliphatic heterocycles. The number of benzene rings is 1. The van der Waals surface area contributed by atoms with Gasteiger partial charge in [0.05, 0.1) is 12.0 Å². The van der Waals surface area contributed by atoms with E-state index in [9.17, 15) is 4.79 Å². The summed E-state index contributed by atoms with van der Waals surface area (Å²) < 4.78 is 6.53. The molecule has 0 saturated carbocycles. The summed E-state index contributed by atoms with van der Waals surface area (Å²) in [6.07, 6.45) is 1.53. The quantitative estimate of drug-likeness (QED) is 0.515. The normalized spacial score (nSPS) is 10.7. The van der Waals surface area contributed by atoms with Crippen LogP contribution < -0.4 is 11.2 Å². The first-order chi connectivity index (χ1) is 11.6. The van der Waals surface area contributed by atoms with Crippen LogP contribution in [0.25, 0.3) is 11.6 Å².